The summed E-state index contributed by atoms with van der Waals surface area (Å²) in [6.45, 7) is 2.11. The van der Waals surface area contributed by atoms with Crippen LogP contribution in [0.1, 0.15) is 43.7 Å². The summed E-state index contributed by atoms with van der Waals surface area (Å²) in [5.74, 6) is 1.29. The van der Waals surface area contributed by atoms with E-state index in [1.165, 1.54) is 42.2 Å². The Labute approximate surface area is 184 Å². The van der Waals surface area contributed by atoms with Crippen LogP contribution in [0.4, 0.5) is 5.82 Å². The quantitative estimate of drug-likeness (QED) is 0.337. The SMILES string of the molecule is Cc1c(-c2cccc3ccsc23)oc2c(N)ncc(-c3cnn(C4CCCCC4)c3)c12. The van der Waals surface area contributed by atoms with Crippen molar-refractivity contribution in [2.75, 3.05) is 5.73 Å². The molecule has 6 heteroatoms. The molecule has 1 aliphatic rings. The number of rotatable bonds is 3. The molecule has 156 valence electrons. The molecule has 6 rings (SSSR count). The van der Waals surface area contributed by atoms with E-state index < -0.39 is 0 Å². The molecular formula is C25H24N4OS. The van der Waals surface area contributed by atoms with Gasteiger partial charge in [-0.25, -0.2) is 4.98 Å². The maximum Gasteiger partial charge on any atom is 0.177 e. The van der Waals surface area contributed by atoms with Gasteiger partial charge in [-0.05, 0) is 42.7 Å². The predicted octanol–water partition coefficient (Wildman–Crippen LogP) is 6.97. The van der Waals surface area contributed by atoms with Crippen LogP contribution in [-0.4, -0.2) is 14.8 Å². The molecule has 0 radical (unpaired) electrons. The molecule has 4 aromatic heterocycles. The maximum absolute atomic E-state index is 6.37. The fourth-order valence-corrected chi connectivity index (χ4v) is 5.86. The first-order chi connectivity index (χ1) is 15.2. The van der Waals surface area contributed by atoms with Gasteiger partial charge in [0.1, 0.15) is 5.76 Å². The van der Waals surface area contributed by atoms with Gasteiger partial charge in [-0.1, -0.05) is 31.4 Å². The van der Waals surface area contributed by atoms with Gasteiger partial charge in [0.15, 0.2) is 11.4 Å². The average molecular weight is 429 g/mol. The van der Waals surface area contributed by atoms with Crippen LogP contribution in [0.2, 0.25) is 0 Å². The first-order valence-electron chi connectivity index (χ1n) is 10.9. The van der Waals surface area contributed by atoms with Gasteiger partial charge in [-0.3, -0.25) is 4.68 Å². The zero-order valence-corrected chi connectivity index (χ0v) is 18.3. The Morgan fingerprint density at radius 2 is 1.97 bits per heavy atom. The molecule has 0 aliphatic heterocycles. The summed E-state index contributed by atoms with van der Waals surface area (Å²) in [6.07, 6.45) is 12.3. The molecular weight excluding hydrogens is 404 g/mol. The Morgan fingerprint density at radius 3 is 2.84 bits per heavy atom. The van der Waals surface area contributed by atoms with Gasteiger partial charge in [-0.15, -0.1) is 11.3 Å². The molecule has 4 heterocycles. The summed E-state index contributed by atoms with van der Waals surface area (Å²) < 4.78 is 9.73. The molecule has 1 aliphatic carbocycles. The van der Waals surface area contributed by atoms with Crippen molar-refractivity contribution in [1.29, 1.82) is 0 Å². The molecule has 2 N–H and O–H groups in total. The molecule has 0 unspecified atom stereocenters. The third-order valence-corrected chi connectivity index (χ3v) is 7.53. The van der Waals surface area contributed by atoms with E-state index in [-0.39, 0.29) is 0 Å². The molecule has 5 aromatic rings. The van der Waals surface area contributed by atoms with Gasteiger partial charge >= 0.3 is 0 Å². The van der Waals surface area contributed by atoms with Crippen molar-refractivity contribution in [1.82, 2.24) is 14.8 Å². The topological polar surface area (TPSA) is 69.9 Å². The van der Waals surface area contributed by atoms with E-state index >= 15 is 0 Å². The van der Waals surface area contributed by atoms with Crippen LogP contribution in [0.3, 0.4) is 0 Å². The highest BCUT2D eigenvalue weighted by Gasteiger charge is 2.22. The van der Waals surface area contributed by atoms with Crippen LogP contribution in [0, 0.1) is 6.92 Å². The number of nitrogens with two attached hydrogens (primary N) is 1. The van der Waals surface area contributed by atoms with Crippen molar-refractivity contribution in [3.63, 3.8) is 0 Å². The molecule has 0 amide bonds. The standard InChI is InChI=1S/C25H24N4OS/c1-15-21-20(17-12-28-29(14-17)18-7-3-2-4-8-18)13-27-25(26)23(21)30-22(15)19-9-5-6-16-10-11-31-24(16)19/h5-6,9-14,18H,2-4,7-8H2,1H3,(H2,26,27). The van der Waals surface area contributed by atoms with Gasteiger partial charge in [0.05, 0.1) is 12.2 Å². The number of hydrogen-bond donors (Lipinski definition) is 1. The monoisotopic (exact) mass is 428 g/mol. The molecule has 5 nitrogen and oxygen atoms in total. The van der Waals surface area contributed by atoms with Crippen LogP contribution in [-0.2, 0) is 0 Å². The van der Waals surface area contributed by atoms with Crippen LogP contribution < -0.4 is 5.73 Å². The molecule has 0 spiro atoms. The van der Waals surface area contributed by atoms with Crippen molar-refractivity contribution in [2.45, 2.75) is 45.1 Å². The molecule has 0 bridgehead atoms. The van der Waals surface area contributed by atoms with Crippen molar-refractivity contribution in [3.8, 4) is 22.5 Å². The van der Waals surface area contributed by atoms with Gasteiger partial charge in [0, 0.05) is 44.7 Å². The van der Waals surface area contributed by atoms with Crippen molar-refractivity contribution < 1.29 is 4.42 Å². The van der Waals surface area contributed by atoms with Crippen LogP contribution in [0.25, 0.3) is 43.5 Å². The van der Waals surface area contributed by atoms with E-state index in [2.05, 4.69) is 52.4 Å². The molecule has 1 saturated carbocycles. The third kappa shape index (κ3) is 2.97. The van der Waals surface area contributed by atoms with Crippen molar-refractivity contribution >= 4 is 38.2 Å². The fraction of sp³-hybridized carbons (Fsp3) is 0.280. The smallest absolute Gasteiger partial charge is 0.177 e. The predicted molar refractivity (Wildman–Crippen MR) is 127 cm³/mol. The largest absolute Gasteiger partial charge is 0.452 e. The average Bonchev–Trinajstić information content (AvgIpc) is 3.54. The number of furan rings is 1. The lowest BCUT2D eigenvalue weighted by Crippen LogP contribution is -2.12. The molecule has 31 heavy (non-hydrogen) atoms. The van der Waals surface area contributed by atoms with E-state index in [0.29, 0.717) is 17.4 Å². The van der Waals surface area contributed by atoms with Crippen LogP contribution in [0.5, 0.6) is 0 Å². The van der Waals surface area contributed by atoms with E-state index in [1.807, 2.05) is 12.4 Å². The number of aromatic nitrogens is 3. The van der Waals surface area contributed by atoms with Crippen molar-refractivity contribution in [3.05, 3.63) is 53.8 Å². The lowest BCUT2D eigenvalue weighted by Gasteiger charge is -2.21. The van der Waals surface area contributed by atoms with E-state index in [0.717, 1.165) is 33.4 Å². The minimum atomic E-state index is 0.422. The number of aryl methyl sites for hydroxylation is 1. The highest BCUT2D eigenvalue weighted by molar-refractivity contribution is 7.17. The first-order valence-corrected chi connectivity index (χ1v) is 11.8. The molecule has 1 aromatic carbocycles. The van der Waals surface area contributed by atoms with Gasteiger partial charge < -0.3 is 10.2 Å². The zero-order chi connectivity index (χ0) is 20.9. The van der Waals surface area contributed by atoms with E-state index in [4.69, 9.17) is 15.2 Å². The summed E-state index contributed by atoms with van der Waals surface area (Å²) in [5, 5.41) is 9.07. The van der Waals surface area contributed by atoms with Crippen LogP contribution >= 0.6 is 11.3 Å². The molecule has 0 saturated heterocycles. The highest BCUT2D eigenvalue weighted by Crippen LogP contribution is 2.43. The Bertz CT molecular complexity index is 1400. The maximum atomic E-state index is 6.37. The number of benzene rings is 1. The molecule has 0 atom stereocenters. The second-order valence-electron chi connectivity index (χ2n) is 8.46. The lowest BCUT2D eigenvalue weighted by molar-refractivity contribution is 0.329. The third-order valence-electron chi connectivity index (χ3n) is 6.57. The minimum absolute atomic E-state index is 0.422. The Balaban J connectivity index is 1.52. The van der Waals surface area contributed by atoms with E-state index in [1.54, 1.807) is 11.3 Å². The number of anilines is 1. The number of fused-ring (bicyclic) bond motifs is 2. The van der Waals surface area contributed by atoms with E-state index in [9.17, 15) is 0 Å². The number of hydrogen-bond acceptors (Lipinski definition) is 5. The first kappa shape index (κ1) is 18.6. The summed E-state index contributed by atoms with van der Waals surface area (Å²) in [6, 6.07) is 8.97. The minimum Gasteiger partial charge on any atom is -0.452 e. The second kappa shape index (κ2) is 7.24. The number of nitrogen functional groups attached to an aromatic ring is 1. The zero-order valence-electron chi connectivity index (χ0n) is 17.5. The highest BCUT2D eigenvalue weighted by atomic mass is 32.1. The van der Waals surface area contributed by atoms with Gasteiger partial charge in [0.25, 0.3) is 0 Å². The summed E-state index contributed by atoms with van der Waals surface area (Å²) in [7, 11) is 0. The summed E-state index contributed by atoms with van der Waals surface area (Å²) in [5.41, 5.74) is 11.2. The fourth-order valence-electron chi connectivity index (χ4n) is 4.95. The second-order valence-corrected chi connectivity index (χ2v) is 9.38. The van der Waals surface area contributed by atoms with Crippen LogP contribution in [0.15, 0.2) is 52.7 Å². The Kier molecular flexibility index (Phi) is 4.35. The summed E-state index contributed by atoms with van der Waals surface area (Å²) >= 11 is 1.73. The Hall–Kier alpha value is -3.12. The lowest BCUT2D eigenvalue weighted by atomic mass is 9.95. The summed E-state index contributed by atoms with van der Waals surface area (Å²) in [4.78, 5) is 4.46. The number of nitrogens with zero attached hydrogens (tertiary/aromatic N) is 3. The number of pyridine rings is 1. The van der Waals surface area contributed by atoms with Gasteiger partial charge in [0.2, 0.25) is 0 Å². The Morgan fingerprint density at radius 1 is 1.10 bits per heavy atom. The van der Waals surface area contributed by atoms with Gasteiger partial charge in [-0.2, -0.15) is 5.10 Å². The normalized spacial score (nSPS) is 15.3. The van der Waals surface area contributed by atoms with Crippen molar-refractivity contribution in [2.24, 2.45) is 0 Å². The number of thiophene rings is 1. The molecule has 1 fully saturated rings.